The van der Waals surface area contributed by atoms with Gasteiger partial charge in [0.2, 0.25) is 0 Å². The topological polar surface area (TPSA) is 82.0 Å². The molecule has 0 amide bonds. The van der Waals surface area contributed by atoms with Crippen molar-refractivity contribution in [3.63, 3.8) is 0 Å². The van der Waals surface area contributed by atoms with E-state index >= 15 is 0 Å². The van der Waals surface area contributed by atoms with Gasteiger partial charge in [0.15, 0.2) is 11.5 Å². The molecule has 2 aromatic heterocycles. The summed E-state index contributed by atoms with van der Waals surface area (Å²) in [7, 11) is 0. The number of furan rings is 1. The van der Waals surface area contributed by atoms with Gasteiger partial charge in [0, 0.05) is 17.0 Å². The number of hydrogen-bond acceptors (Lipinski definition) is 6. The Hall–Kier alpha value is -3.67. The first-order valence-corrected chi connectivity index (χ1v) is 10.7. The number of aromatic hydroxyl groups is 1. The van der Waals surface area contributed by atoms with Crippen LogP contribution in [0.5, 0.6) is 17.2 Å². The molecule has 6 heteroatoms. The van der Waals surface area contributed by atoms with Gasteiger partial charge < -0.3 is 23.4 Å². The maximum Gasteiger partial charge on any atom is 0.343 e. The zero-order valence-electron chi connectivity index (χ0n) is 18.4. The Balaban J connectivity index is 1.49. The van der Waals surface area contributed by atoms with E-state index in [1.165, 1.54) is 6.92 Å². The van der Waals surface area contributed by atoms with Gasteiger partial charge in [-0.3, -0.25) is 0 Å². The van der Waals surface area contributed by atoms with E-state index in [0.29, 0.717) is 29.3 Å². The van der Waals surface area contributed by atoms with Crippen molar-refractivity contribution < 1.29 is 23.4 Å². The van der Waals surface area contributed by atoms with E-state index in [9.17, 15) is 9.90 Å². The van der Waals surface area contributed by atoms with Crippen LogP contribution >= 0.6 is 0 Å². The van der Waals surface area contributed by atoms with Gasteiger partial charge in [0.05, 0.1) is 12.2 Å². The van der Waals surface area contributed by atoms with Crippen molar-refractivity contribution in [3.8, 4) is 28.8 Å². The van der Waals surface area contributed by atoms with Crippen molar-refractivity contribution in [2.24, 2.45) is 0 Å². The molecule has 4 aromatic rings. The first-order valence-electron chi connectivity index (χ1n) is 10.7. The lowest BCUT2D eigenvalue weighted by Crippen LogP contribution is -2.05. The summed E-state index contributed by atoms with van der Waals surface area (Å²) in [5.74, 6) is 2.03. The molecule has 0 saturated heterocycles. The van der Waals surface area contributed by atoms with Crippen LogP contribution < -0.4 is 15.1 Å². The SMILES string of the molecule is CCCCOc1ccc(COc2ccc3cc(-c4oc(=O)c(C)c(O)c4C)oc3c2)cc1. The van der Waals surface area contributed by atoms with Crippen molar-refractivity contribution in [1.29, 1.82) is 0 Å². The van der Waals surface area contributed by atoms with Crippen LogP contribution in [0.4, 0.5) is 0 Å². The second-order valence-corrected chi connectivity index (χ2v) is 7.76. The van der Waals surface area contributed by atoms with E-state index < -0.39 is 5.63 Å². The summed E-state index contributed by atoms with van der Waals surface area (Å²) in [6.45, 7) is 6.48. The predicted octanol–water partition coefficient (Wildman–Crippen LogP) is 6.13. The first-order chi connectivity index (χ1) is 15.5. The largest absolute Gasteiger partial charge is 0.507 e. The lowest BCUT2D eigenvalue weighted by atomic mass is 10.1. The van der Waals surface area contributed by atoms with Gasteiger partial charge in [-0.15, -0.1) is 0 Å². The molecular formula is C26H26O6. The molecule has 2 heterocycles. The molecule has 0 aliphatic heterocycles. The fraction of sp³-hybridized carbons (Fsp3) is 0.269. The molecule has 0 bridgehead atoms. The third-order valence-electron chi connectivity index (χ3n) is 5.36. The average molecular weight is 434 g/mol. The number of unbranched alkanes of at least 4 members (excludes halogenated alkanes) is 1. The van der Waals surface area contributed by atoms with Crippen molar-refractivity contribution in [1.82, 2.24) is 0 Å². The van der Waals surface area contributed by atoms with Crippen LogP contribution in [-0.2, 0) is 6.61 Å². The molecular weight excluding hydrogens is 408 g/mol. The fourth-order valence-corrected chi connectivity index (χ4v) is 3.36. The molecule has 166 valence electrons. The third kappa shape index (κ3) is 4.49. The number of hydrogen-bond donors (Lipinski definition) is 1. The van der Waals surface area contributed by atoms with Crippen molar-refractivity contribution in [3.05, 3.63) is 75.6 Å². The van der Waals surface area contributed by atoms with Gasteiger partial charge in [-0.2, -0.15) is 0 Å². The zero-order valence-corrected chi connectivity index (χ0v) is 18.4. The quantitative estimate of drug-likeness (QED) is 0.336. The van der Waals surface area contributed by atoms with Crippen LogP contribution in [0, 0.1) is 13.8 Å². The van der Waals surface area contributed by atoms with Crippen molar-refractivity contribution >= 4 is 11.0 Å². The van der Waals surface area contributed by atoms with Crippen LogP contribution in [0.3, 0.4) is 0 Å². The van der Waals surface area contributed by atoms with E-state index in [4.69, 9.17) is 18.3 Å². The Labute approximate surface area is 186 Å². The molecule has 0 fully saturated rings. The summed E-state index contributed by atoms with van der Waals surface area (Å²) in [4.78, 5) is 12.0. The standard InChI is InChI=1S/C26H26O6/c1-4-5-12-29-20-9-6-18(7-10-20)15-30-21-11-8-19-13-23(31-22(19)14-21)25-16(2)24(27)17(3)26(28)32-25/h6-11,13-14,27H,4-5,12,15H2,1-3H3. The third-order valence-corrected chi connectivity index (χ3v) is 5.36. The van der Waals surface area contributed by atoms with Crippen LogP contribution in [0.2, 0.25) is 0 Å². The molecule has 0 aliphatic carbocycles. The fourth-order valence-electron chi connectivity index (χ4n) is 3.36. The van der Waals surface area contributed by atoms with Crippen molar-refractivity contribution in [2.45, 2.75) is 40.2 Å². The Kier molecular flexibility index (Phi) is 6.21. The minimum atomic E-state index is -0.589. The zero-order chi connectivity index (χ0) is 22.7. The summed E-state index contributed by atoms with van der Waals surface area (Å²) in [6.07, 6.45) is 2.15. The molecule has 2 aromatic carbocycles. The molecule has 0 atom stereocenters. The normalized spacial score (nSPS) is 11.1. The summed E-state index contributed by atoms with van der Waals surface area (Å²) in [5, 5.41) is 11.0. The van der Waals surface area contributed by atoms with Crippen LogP contribution in [-0.4, -0.2) is 11.7 Å². The molecule has 0 spiro atoms. The van der Waals surface area contributed by atoms with E-state index in [-0.39, 0.29) is 17.1 Å². The Morgan fingerprint density at radius 2 is 1.66 bits per heavy atom. The summed E-state index contributed by atoms with van der Waals surface area (Å²) in [5.41, 5.74) is 1.67. The summed E-state index contributed by atoms with van der Waals surface area (Å²) < 4.78 is 22.9. The van der Waals surface area contributed by atoms with E-state index in [2.05, 4.69) is 6.92 Å². The molecule has 0 aliphatic rings. The molecule has 6 nitrogen and oxygen atoms in total. The van der Waals surface area contributed by atoms with E-state index in [1.54, 1.807) is 19.1 Å². The second kappa shape index (κ2) is 9.22. The highest BCUT2D eigenvalue weighted by Gasteiger charge is 2.18. The first kappa shape index (κ1) is 21.6. The molecule has 4 rings (SSSR count). The highest BCUT2D eigenvalue weighted by Crippen LogP contribution is 2.34. The summed E-state index contributed by atoms with van der Waals surface area (Å²) >= 11 is 0. The Morgan fingerprint density at radius 1 is 0.906 bits per heavy atom. The Morgan fingerprint density at radius 3 is 2.41 bits per heavy atom. The second-order valence-electron chi connectivity index (χ2n) is 7.76. The minimum Gasteiger partial charge on any atom is -0.507 e. The summed E-state index contributed by atoms with van der Waals surface area (Å²) in [6, 6.07) is 15.2. The number of ether oxygens (including phenoxy) is 2. The monoisotopic (exact) mass is 434 g/mol. The van der Waals surface area contributed by atoms with Gasteiger partial charge >= 0.3 is 5.63 Å². The highest BCUT2D eigenvalue weighted by atomic mass is 16.5. The lowest BCUT2D eigenvalue weighted by Gasteiger charge is -2.08. The maximum absolute atomic E-state index is 12.0. The van der Waals surface area contributed by atoms with Crippen LogP contribution in [0.1, 0.15) is 36.5 Å². The molecule has 1 N–H and O–H groups in total. The van der Waals surface area contributed by atoms with E-state index in [0.717, 1.165) is 36.1 Å². The van der Waals surface area contributed by atoms with Crippen molar-refractivity contribution in [2.75, 3.05) is 6.61 Å². The average Bonchev–Trinajstić information content (AvgIpc) is 3.23. The molecule has 0 unspecified atom stereocenters. The maximum atomic E-state index is 12.0. The predicted molar refractivity (Wildman–Crippen MR) is 123 cm³/mol. The number of fused-ring (bicyclic) bond motifs is 1. The Bertz CT molecular complexity index is 1280. The molecule has 0 radical (unpaired) electrons. The number of benzene rings is 2. The van der Waals surface area contributed by atoms with Crippen LogP contribution in [0.25, 0.3) is 22.5 Å². The molecule has 0 saturated carbocycles. The smallest absolute Gasteiger partial charge is 0.343 e. The van der Waals surface area contributed by atoms with Gasteiger partial charge in [-0.25, -0.2) is 4.79 Å². The van der Waals surface area contributed by atoms with Gasteiger partial charge in [-0.05, 0) is 56.2 Å². The van der Waals surface area contributed by atoms with Gasteiger partial charge in [0.1, 0.15) is 29.4 Å². The van der Waals surface area contributed by atoms with E-state index in [1.807, 2.05) is 36.4 Å². The van der Waals surface area contributed by atoms with Crippen LogP contribution in [0.15, 0.2) is 62.2 Å². The highest BCUT2D eigenvalue weighted by molar-refractivity contribution is 5.83. The number of rotatable bonds is 8. The van der Waals surface area contributed by atoms with Gasteiger partial charge in [-0.1, -0.05) is 25.5 Å². The minimum absolute atomic E-state index is 0.0810. The molecule has 32 heavy (non-hydrogen) atoms. The van der Waals surface area contributed by atoms with Gasteiger partial charge in [0.25, 0.3) is 0 Å². The lowest BCUT2D eigenvalue weighted by molar-refractivity contribution is 0.302.